The molecule has 2 aromatic heterocycles. The number of halogens is 3. The van der Waals surface area contributed by atoms with Crippen LogP contribution in [-0.4, -0.2) is 38.7 Å². The zero-order chi connectivity index (χ0) is 28.3. The number of pyridine rings is 1. The molecule has 0 unspecified atom stereocenters. The number of ether oxygens (including phenoxy) is 2. The predicted octanol–water partition coefficient (Wildman–Crippen LogP) is 5.56. The van der Waals surface area contributed by atoms with Crippen LogP contribution < -0.4 is 19.1 Å². The summed E-state index contributed by atoms with van der Waals surface area (Å²) in [5.74, 6) is -2.78. The van der Waals surface area contributed by atoms with Gasteiger partial charge in [-0.15, -0.1) is 0 Å². The highest BCUT2D eigenvalue weighted by Gasteiger charge is 2.25. The Balaban J connectivity index is 1.76. The number of hydrogen-bond donors (Lipinski definition) is 1. The summed E-state index contributed by atoms with van der Waals surface area (Å²) in [6, 6.07) is 9.04. The molecule has 0 saturated heterocycles. The zero-order valence-corrected chi connectivity index (χ0v) is 22.3. The van der Waals surface area contributed by atoms with Gasteiger partial charge in [0.1, 0.15) is 22.7 Å². The Hall–Kier alpha value is -4.23. The molecule has 0 saturated carbocycles. The quantitative estimate of drug-likeness (QED) is 0.274. The van der Waals surface area contributed by atoms with Gasteiger partial charge in [0, 0.05) is 24.2 Å². The molecule has 0 bridgehead atoms. The van der Waals surface area contributed by atoms with E-state index in [1.165, 1.54) is 61.8 Å². The molecule has 14 heteroatoms. The average Bonchev–Trinajstić information content (AvgIpc) is 3.43. The van der Waals surface area contributed by atoms with Crippen LogP contribution in [0.1, 0.15) is 13.3 Å². The van der Waals surface area contributed by atoms with Crippen molar-refractivity contribution in [2.45, 2.75) is 18.2 Å². The number of rotatable bonds is 9. The van der Waals surface area contributed by atoms with Gasteiger partial charge in [0.2, 0.25) is 11.7 Å². The first-order chi connectivity index (χ1) is 18.6. The van der Waals surface area contributed by atoms with Crippen molar-refractivity contribution in [2.75, 3.05) is 23.8 Å². The van der Waals surface area contributed by atoms with Gasteiger partial charge in [0.25, 0.3) is 10.0 Å². The van der Waals surface area contributed by atoms with E-state index in [1.54, 1.807) is 6.92 Å². The Kier molecular flexibility index (Phi) is 8.02. The standard InChI is InChI=1S/C25H21ClF2N4O6S/c1-4-24(33)32(23-6-5-15(13-29-23)39(34,35)31-22-7-8-38-30-22)19-12-17(26)16(11-20(19)36-2)14-9-18(27)25(28)21(10-14)37-3/h5-13H,4H2,1-3H3,(H,30,31). The minimum absolute atomic E-state index is 0.0139. The van der Waals surface area contributed by atoms with E-state index in [1.807, 2.05) is 0 Å². The second-order valence-corrected chi connectivity index (χ2v) is 9.99. The van der Waals surface area contributed by atoms with Crippen LogP contribution in [-0.2, 0) is 14.8 Å². The molecule has 4 aromatic rings. The largest absolute Gasteiger partial charge is 0.495 e. The van der Waals surface area contributed by atoms with E-state index in [-0.39, 0.29) is 56.3 Å². The van der Waals surface area contributed by atoms with E-state index < -0.39 is 27.6 Å². The predicted molar refractivity (Wildman–Crippen MR) is 139 cm³/mol. The van der Waals surface area contributed by atoms with Crippen LogP contribution in [0.4, 0.5) is 26.1 Å². The molecule has 0 aliphatic rings. The van der Waals surface area contributed by atoms with Crippen molar-refractivity contribution in [2.24, 2.45) is 0 Å². The number of hydrogen-bond acceptors (Lipinski definition) is 8. The smallest absolute Gasteiger partial charge is 0.264 e. The summed E-state index contributed by atoms with van der Waals surface area (Å²) in [7, 11) is -1.48. The van der Waals surface area contributed by atoms with Gasteiger partial charge in [-0.2, -0.15) is 4.39 Å². The highest BCUT2D eigenvalue weighted by atomic mass is 35.5. The number of nitrogens with one attached hydrogen (secondary N) is 1. The van der Waals surface area contributed by atoms with Crippen molar-refractivity contribution >= 4 is 44.9 Å². The molecule has 0 fully saturated rings. The monoisotopic (exact) mass is 578 g/mol. The van der Waals surface area contributed by atoms with Crippen LogP contribution >= 0.6 is 11.6 Å². The topological polar surface area (TPSA) is 124 Å². The number of carbonyl (C=O) groups is 1. The summed E-state index contributed by atoms with van der Waals surface area (Å²) in [5, 5.41) is 3.60. The number of amides is 1. The first-order valence-electron chi connectivity index (χ1n) is 11.2. The number of anilines is 3. The SMILES string of the molecule is CCC(=O)N(c1ccc(S(=O)(=O)Nc2ccon2)cn1)c1cc(Cl)c(-c2cc(F)c(F)c(OC)c2)cc1OC. The minimum Gasteiger partial charge on any atom is -0.495 e. The maximum Gasteiger partial charge on any atom is 0.264 e. The Morgan fingerprint density at radius 1 is 1.10 bits per heavy atom. The Bertz CT molecular complexity index is 1620. The van der Waals surface area contributed by atoms with E-state index >= 15 is 0 Å². The number of nitrogens with zero attached hydrogens (tertiary/aromatic N) is 3. The third kappa shape index (κ3) is 5.64. The maximum atomic E-state index is 14.2. The van der Waals surface area contributed by atoms with E-state index in [0.29, 0.717) is 0 Å². The van der Waals surface area contributed by atoms with E-state index in [0.717, 1.165) is 12.3 Å². The number of aromatic nitrogens is 2. The number of methoxy groups -OCH3 is 2. The van der Waals surface area contributed by atoms with Crippen molar-refractivity contribution < 1.29 is 36.0 Å². The molecule has 0 aliphatic heterocycles. The third-order valence-corrected chi connectivity index (χ3v) is 7.18. The number of benzene rings is 2. The first-order valence-corrected chi connectivity index (χ1v) is 13.1. The molecule has 1 amide bonds. The molecular formula is C25H21ClF2N4O6S. The van der Waals surface area contributed by atoms with Crippen molar-refractivity contribution in [3.8, 4) is 22.6 Å². The second kappa shape index (κ2) is 11.3. The summed E-state index contributed by atoms with van der Waals surface area (Å²) < 4.78 is 70.7. The summed E-state index contributed by atoms with van der Waals surface area (Å²) in [4.78, 5) is 18.2. The highest BCUT2D eigenvalue weighted by molar-refractivity contribution is 7.92. The fourth-order valence-corrected chi connectivity index (χ4v) is 4.84. The maximum absolute atomic E-state index is 14.2. The lowest BCUT2D eigenvalue weighted by Crippen LogP contribution is -2.26. The molecule has 0 aliphatic carbocycles. The lowest BCUT2D eigenvalue weighted by atomic mass is 10.0. The van der Waals surface area contributed by atoms with Crippen molar-refractivity contribution in [3.05, 3.63) is 71.6 Å². The fourth-order valence-electron chi connectivity index (χ4n) is 3.64. The van der Waals surface area contributed by atoms with E-state index in [9.17, 15) is 22.0 Å². The second-order valence-electron chi connectivity index (χ2n) is 7.90. The summed E-state index contributed by atoms with van der Waals surface area (Å²) in [6.07, 6.45) is 2.34. The van der Waals surface area contributed by atoms with Crippen molar-refractivity contribution in [3.63, 3.8) is 0 Å². The normalized spacial score (nSPS) is 11.2. The molecule has 0 radical (unpaired) electrons. The summed E-state index contributed by atoms with van der Waals surface area (Å²) >= 11 is 6.54. The van der Waals surface area contributed by atoms with E-state index in [2.05, 4.69) is 19.4 Å². The van der Waals surface area contributed by atoms with Gasteiger partial charge >= 0.3 is 0 Å². The summed E-state index contributed by atoms with van der Waals surface area (Å²) in [6.45, 7) is 1.63. The molecule has 1 N–H and O–H groups in total. The van der Waals surface area contributed by atoms with Gasteiger partial charge < -0.3 is 14.0 Å². The van der Waals surface area contributed by atoms with Gasteiger partial charge in [-0.3, -0.25) is 14.4 Å². The van der Waals surface area contributed by atoms with Gasteiger partial charge in [-0.1, -0.05) is 23.7 Å². The highest BCUT2D eigenvalue weighted by Crippen LogP contribution is 2.42. The van der Waals surface area contributed by atoms with Crippen LogP contribution in [0, 0.1) is 11.6 Å². The van der Waals surface area contributed by atoms with Crippen molar-refractivity contribution in [1.82, 2.24) is 10.1 Å². The molecular weight excluding hydrogens is 558 g/mol. The fraction of sp³-hybridized carbons (Fsp3) is 0.160. The van der Waals surface area contributed by atoms with E-state index in [4.69, 9.17) is 21.1 Å². The Labute approximate surface area is 227 Å². The first kappa shape index (κ1) is 27.8. The van der Waals surface area contributed by atoms with Crippen LogP contribution in [0.25, 0.3) is 11.1 Å². The number of carbonyl (C=O) groups excluding carboxylic acids is 1. The third-order valence-electron chi connectivity index (χ3n) is 5.52. The molecule has 0 atom stereocenters. The lowest BCUT2D eigenvalue weighted by molar-refractivity contribution is -0.117. The minimum atomic E-state index is -4.04. The molecule has 204 valence electrons. The van der Waals surface area contributed by atoms with Gasteiger partial charge in [-0.05, 0) is 42.0 Å². The van der Waals surface area contributed by atoms with Crippen LogP contribution in [0.3, 0.4) is 0 Å². The molecule has 2 heterocycles. The van der Waals surface area contributed by atoms with Crippen molar-refractivity contribution in [1.29, 1.82) is 0 Å². The van der Waals surface area contributed by atoms with Crippen LogP contribution in [0.2, 0.25) is 5.02 Å². The molecule has 0 spiro atoms. The molecule has 4 rings (SSSR count). The van der Waals surface area contributed by atoms with Gasteiger partial charge in [-0.25, -0.2) is 17.8 Å². The number of sulfonamides is 1. The average molecular weight is 579 g/mol. The van der Waals surface area contributed by atoms with Crippen LogP contribution in [0.15, 0.2) is 64.3 Å². The Morgan fingerprint density at radius 3 is 2.44 bits per heavy atom. The van der Waals surface area contributed by atoms with Gasteiger partial charge in [0.15, 0.2) is 17.4 Å². The summed E-state index contributed by atoms with van der Waals surface area (Å²) in [5.41, 5.74) is 0.685. The molecule has 10 nitrogen and oxygen atoms in total. The molecule has 39 heavy (non-hydrogen) atoms. The lowest BCUT2D eigenvalue weighted by Gasteiger charge is -2.24. The van der Waals surface area contributed by atoms with Gasteiger partial charge in [0.05, 0.1) is 24.9 Å². The Morgan fingerprint density at radius 2 is 1.85 bits per heavy atom. The molecule has 2 aromatic carbocycles. The zero-order valence-electron chi connectivity index (χ0n) is 20.7. The van der Waals surface area contributed by atoms with Crippen LogP contribution in [0.5, 0.6) is 11.5 Å².